The van der Waals surface area contributed by atoms with Crippen LogP contribution in [-0.2, 0) is 16.1 Å². The number of carboxylic acid groups (broad SMARTS) is 1. The van der Waals surface area contributed by atoms with Gasteiger partial charge in [-0.3, -0.25) is 18.7 Å². The number of aliphatic hydroxyl groups excluding tert-OH is 3. The maximum absolute atomic E-state index is 12.3. The van der Waals surface area contributed by atoms with E-state index in [-0.39, 0.29) is 19.4 Å². The lowest BCUT2D eigenvalue weighted by molar-refractivity contribution is -0.137. The topological polar surface area (TPSA) is 151 Å². The van der Waals surface area contributed by atoms with Crippen LogP contribution in [0.1, 0.15) is 19.1 Å². The fraction of sp³-hybridized carbons (Fsp3) is 0.615. The zero-order valence-corrected chi connectivity index (χ0v) is 12.1. The number of aliphatic hydroxyl groups is 3. The highest BCUT2D eigenvalue weighted by Crippen LogP contribution is 2.27. The van der Waals surface area contributed by atoms with Crippen molar-refractivity contribution in [1.29, 1.82) is 0 Å². The molecule has 1 aromatic heterocycles. The van der Waals surface area contributed by atoms with Gasteiger partial charge in [-0.25, -0.2) is 4.79 Å². The predicted molar refractivity (Wildman–Crippen MR) is 74.8 cm³/mol. The van der Waals surface area contributed by atoms with E-state index in [2.05, 4.69) is 0 Å². The maximum Gasteiger partial charge on any atom is 0.333 e. The van der Waals surface area contributed by atoms with Crippen LogP contribution in [0.2, 0.25) is 0 Å². The van der Waals surface area contributed by atoms with Crippen LogP contribution in [0.3, 0.4) is 0 Å². The molecule has 0 unspecified atom stereocenters. The largest absolute Gasteiger partial charge is 0.481 e. The highest BCUT2D eigenvalue weighted by molar-refractivity contribution is 5.66. The summed E-state index contributed by atoms with van der Waals surface area (Å²) in [6.07, 6.45) is -4.10. The van der Waals surface area contributed by atoms with E-state index in [1.807, 2.05) is 0 Å². The molecule has 1 aliphatic rings. The Morgan fingerprint density at radius 1 is 1.26 bits per heavy atom. The first-order valence-electron chi connectivity index (χ1n) is 7.03. The zero-order valence-electron chi connectivity index (χ0n) is 12.1. The molecule has 23 heavy (non-hydrogen) atoms. The van der Waals surface area contributed by atoms with Gasteiger partial charge in [-0.15, -0.1) is 0 Å². The second kappa shape index (κ2) is 7.04. The number of aliphatic carboxylic acids is 1. The number of ether oxygens (including phenoxy) is 1. The van der Waals surface area contributed by atoms with Crippen molar-refractivity contribution in [2.24, 2.45) is 0 Å². The van der Waals surface area contributed by atoms with Crippen LogP contribution in [0.4, 0.5) is 0 Å². The number of rotatable bonds is 6. The summed E-state index contributed by atoms with van der Waals surface area (Å²) in [7, 11) is 0. The molecule has 1 saturated heterocycles. The van der Waals surface area contributed by atoms with Crippen LogP contribution < -0.4 is 11.2 Å². The molecule has 2 heterocycles. The Balaban J connectivity index is 2.29. The molecule has 0 spiro atoms. The molecule has 10 nitrogen and oxygen atoms in total. The Morgan fingerprint density at radius 3 is 2.52 bits per heavy atom. The number of carboxylic acids is 1. The van der Waals surface area contributed by atoms with E-state index in [9.17, 15) is 24.6 Å². The fourth-order valence-electron chi connectivity index (χ4n) is 2.43. The van der Waals surface area contributed by atoms with E-state index in [1.54, 1.807) is 0 Å². The van der Waals surface area contributed by atoms with Crippen LogP contribution in [0, 0.1) is 0 Å². The second-order valence-corrected chi connectivity index (χ2v) is 5.22. The maximum atomic E-state index is 12.3. The highest BCUT2D eigenvalue weighted by Gasteiger charge is 2.43. The van der Waals surface area contributed by atoms with Crippen molar-refractivity contribution < 1.29 is 30.0 Å². The average molecular weight is 330 g/mol. The van der Waals surface area contributed by atoms with Crippen molar-refractivity contribution in [3.8, 4) is 0 Å². The Kier molecular flexibility index (Phi) is 5.31. The molecular weight excluding hydrogens is 312 g/mol. The van der Waals surface area contributed by atoms with Crippen molar-refractivity contribution in [2.75, 3.05) is 6.61 Å². The van der Waals surface area contributed by atoms with E-state index in [1.165, 1.54) is 0 Å². The monoisotopic (exact) mass is 330 g/mol. The zero-order chi connectivity index (χ0) is 17.1. The lowest BCUT2D eigenvalue weighted by Crippen LogP contribution is -2.43. The van der Waals surface area contributed by atoms with Crippen molar-refractivity contribution in [3.05, 3.63) is 33.1 Å². The summed E-state index contributed by atoms with van der Waals surface area (Å²) in [5, 5.41) is 37.3. The molecule has 0 bridgehead atoms. The molecular formula is C13H18N2O8. The Hall–Kier alpha value is -2.01. The molecule has 1 aliphatic heterocycles. The van der Waals surface area contributed by atoms with Gasteiger partial charge in [-0.2, -0.15) is 0 Å². The van der Waals surface area contributed by atoms with Crippen LogP contribution in [0.15, 0.2) is 21.9 Å². The standard InChI is InChI=1S/C13H18N2O8/c16-6-7-10(20)11(21)12(23-7)15-5-3-8(17)14(13(15)22)4-1-2-9(18)19/h3,5,7,10-12,16,20-21H,1-2,4,6H2,(H,18,19)/t7-,10-,11-,12-/m1/s1. The average Bonchev–Trinajstić information content (AvgIpc) is 2.78. The smallest absolute Gasteiger partial charge is 0.333 e. The first-order chi connectivity index (χ1) is 10.9. The van der Waals surface area contributed by atoms with Gasteiger partial charge in [-0.05, 0) is 6.42 Å². The molecule has 2 rings (SSSR count). The van der Waals surface area contributed by atoms with Gasteiger partial charge in [0.2, 0.25) is 0 Å². The van der Waals surface area contributed by atoms with Gasteiger partial charge in [0.05, 0.1) is 6.61 Å². The van der Waals surface area contributed by atoms with E-state index in [0.717, 1.165) is 21.4 Å². The summed E-state index contributed by atoms with van der Waals surface area (Å²) in [4.78, 5) is 34.6. The Morgan fingerprint density at radius 2 is 1.96 bits per heavy atom. The van der Waals surface area contributed by atoms with Crippen molar-refractivity contribution in [1.82, 2.24) is 9.13 Å². The minimum absolute atomic E-state index is 0.0878. The predicted octanol–water partition coefficient (Wildman–Crippen LogP) is -2.51. The van der Waals surface area contributed by atoms with E-state index < -0.39 is 48.4 Å². The van der Waals surface area contributed by atoms with Crippen molar-refractivity contribution >= 4 is 5.97 Å². The van der Waals surface area contributed by atoms with E-state index in [0.29, 0.717) is 0 Å². The van der Waals surface area contributed by atoms with Crippen LogP contribution in [-0.4, -0.2) is 60.4 Å². The SMILES string of the molecule is O=C(O)CCCn1c(=O)ccn([C@@H]2O[C@H](CO)[C@@H](O)[C@H]2O)c1=O. The quantitative estimate of drug-likeness (QED) is 0.446. The Bertz CT molecular complexity index is 681. The third-order valence-corrected chi connectivity index (χ3v) is 3.66. The molecule has 0 saturated carbocycles. The van der Waals surface area contributed by atoms with Gasteiger partial charge in [0, 0.05) is 25.2 Å². The van der Waals surface area contributed by atoms with Crippen LogP contribution in [0.5, 0.6) is 0 Å². The van der Waals surface area contributed by atoms with Gasteiger partial charge < -0.3 is 25.2 Å². The number of hydrogen-bond acceptors (Lipinski definition) is 7. The molecule has 4 N–H and O–H groups in total. The lowest BCUT2D eigenvalue weighted by Gasteiger charge is -2.18. The van der Waals surface area contributed by atoms with Gasteiger partial charge in [-0.1, -0.05) is 0 Å². The minimum Gasteiger partial charge on any atom is -0.481 e. The highest BCUT2D eigenvalue weighted by atomic mass is 16.6. The molecule has 4 atom stereocenters. The molecule has 0 radical (unpaired) electrons. The molecule has 128 valence electrons. The third-order valence-electron chi connectivity index (χ3n) is 3.66. The summed E-state index contributed by atoms with van der Waals surface area (Å²) in [5.74, 6) is -1.04. The van der Waals surface area contributed by atoms with E-state index in [4.69, 9.17) is 14.9 Å². The van der Waals surface area contributed by atoms with E-state index >= 15 is 0 Å². The van der Waals surface area contributed by atoms with Gasteiger partial charge in [0.25, 0.3) is 5.56 Å². The van der Waals surface area contributed by atoms with Crippen molar-refractivity contribution in [2.45, 2.75) is 43.9 Å². The number of aromatic nitrogens is 2. The molecule has 10 heteroatoms. The number of carbonyl (C=O) groups is 1. The summed E-state index contributed by atoms with van der Waals surface area (Å²) in [6, 6.07) is 1.08. The number of nitrogens with zero attached hydrogens (tertiary/aromatic N) is 2. The molecule has 0 aliphatic carbocycles. The molecule has 0 amide bonds. The summed E-state index contributed by atoms with van der Waals surface area (Å²) >= 11 is 0. The van der Waals surface area contributed by atoms with Crippen LogP contribution in [0.25, 0.3) is 0 Å². The van der Waals surface area contributed by atoms with Crippen molar-refractivity contribution in [3.63, 3.8) is 0 Å². The lowest BCUT2D eigenvalue weighted by atomic mass is 10.1. The van der Waals surface area contributed by atoms with Gasteiger partial charge in [0.15, 0.2) is 6.23 Å². The Labute approximate surface area is 129 Å². The normalized spacial score (nSPS) is 27.3. The first kappa shape index (κ1) is 17.3. The summed E-state index contributed by atoms with van der Waals surface area (Å²) in [6.45, 7) is -0.638. The van der Waals surface area contributed by atoms with Gasteiger partial charge >= 0.3 is 11.7 Å². The first-order valence-corrected chi connectivity index (χ1v) is 7.03. The fourth-order valence-corrected chi connectivity index (χ4v) is 2.43. The molecule has 0 aromatic carbocycles. The second-order valence-electron chi connectivity index (χ2n) is 5.22. The summed E-state index contributed by atoms with van der Waals surface area (Å²) < 4.78 is 7.01. The van der Waals surface area contributed by atoms with Crippen LogP contribution >= 0.6 is 0 Å². The molecule has 1 aromatic rings. The number of hydrogen-bond donors (Lipinski definition) is 4. The summed E-state index contributed by atoms with van der Waals surface area (Å²) in [5.41, 5.74) is -1.40. The third kappa shape index (κ3) is 3.50. The molecule has 1 fully saturated rings. The van der Waals surface area contributed by atoms with Gasteiger partial charge in [0.1, 0.15) is 18.3 Å². The minimum atomic E-state index is -1.45.